The van der Waals surface area contributed by atoms with E-state index in [1.807, 2.05) is 0 Å². The topological polar surface area (TPSA) is 3.24 Å². The van der Waals surface area contributed by atoms with Crippen molar-refractivity contribution in [2.75, 3.05) is 20.6 Å². The minimum Gasteiger partial charge on any atom is -0.309 e. The molecule has 3 heteroatoms. The van der Waals surface area contributed by atoms with Gasteiger partial charge in [-0.3, -0.25) is 0 Å². The Morgan fingerprint density at radius 2 is 1.69 bits per heavy atom. The molecule has 0 aromatic carbocycles. The fraction of sp³-hybridized carbons (Fsp3) is 1.00. The van der Waals surface area contributed by atoms with Gasteiger partial charge in [0.05, 0.1) is 0 Å². The maximum absolute atomic E-state index is 6.40. The highest BCUT2D eigenvalue weighted by molar-refractivity contribution is 7.08. The smallest absolute Gasteiger partial charge is 0.146 e. The maximum Gasteiger partial charge on any atom is 0.146 e. The molecule has 0 fully saturated rings. The van der Waals surface area contributed by atoms with Crippen LogP contribution in [0.4, 0.5) is 0 Å². The van der Waals surface area contributed by atoms with Crippen LogP contribution in [-0.4, -0.2) is 33.6 Å². The van der Waals surface area contributed by atoms with Gasteiger partial charge in [0.15, 0.2) is 0 Å². The summed E-state index contributed by atoms with van der Waals surface area (Å²) in [6, 6.07) is 1.28. The zero-order valence-electron chi connectivity index (χ0n) is 9.73. The van der Waals surface area contributed by atoms with E-state index < -0.39 is 8.11 Å². The Hall–Kier alpha value is 0.467. The number of halogens is 1. The van der Waals surface area contributed by atoms with Crippen molar-refractivity contribution in [2.24, 2.45) is 0 Å². The molecule has 0 N–H and O–H groups in total. The van der Waals surface area contributed by atoms with Crippen molar-refractivity contribution in [2.45, 2.75) is 44.7 Å². The number of hydrogen-bond acceptors (Lipinski definition) is 1. The lowest BCUT2D eigenvalue weighted by Crippen LogP contribution is -2.19. The summed E-state index contributed by atoms with van der Waals surface area (Å²) in [5, 5.41) is 0.389. The molecule has 0 aromatic heterocycles. The summed E-state index contributed by atoms with van der Waals surface area (Å²) in [6.07, 6.45) is 2.59. The van der Waals surface area contributed by atoms with E-state index in [4.69, 9.17) is 11.1 Å². The lowest BCUT2D eigenvalue weighted by Gasteiger charge is -2.23. The summed E-state index contributed by atoms with van der Waals surface area (Å²) in [5.41, 5.74) is 0. The molecule has 0 amide bonds. The summed E-state index contributed by atoms with van der Waals surface area (Å²) in [7, 11) is 3.25. The number of nitrogens with zero attached hydrogens (tertiary/aromatic N) is 1. The van der Waals surface area contributed by atoms with Crippen molar-refractivity contribution in [3.8, 4) is 0 Å². The predicted octanol–water partition coefficient (Wildman–Crippen LogP) is 3.09. The van der Waals surface area contributed by atoms with Crippen LogP contribution in [0.3, 0.4) is 0 Å². The molecule has 0 aromatic rings. The highest BCUT2D eigenvalue weighted by atomic mass is 35.6. The van der Waals surface area contributed by atoms with Gasteiger partial charge in [0.2, 0.25) is 0 Å². The van der Waals surface area contributed by atoms with Crippen molar-refractivity contribution in [3.63, 3.8) is 0 Å². The molecule has 0 rings (SSSR count). The average Bonchev–Trinajstić information content (AvgIpc) is 1.95. The molecule has 1 nitrogen and oxygen atoms in total. The quantitative estimate of drug-likeness (QED) is 0.392. The first-order valence-electron chi connectivity index (χ1n) is 5.13. The summed E-state index contributed by atoms with van der Waals surface area (Å²) >= 11 is 6.40. The Balaban J connectivity index is 3.43. The van der Waals surface area contributed by atoms with Crippen molar-refractivity contribution in [1.29, 1.82) is 0 Å². The fourth-order valence-corrected chi connectivity index (χ4v) is 3.16. The zero-order chi connectivity index (χ0) is 10.5. The molecule has 80 valence electrons. The molecule has 1 unspecified atom stereocenters. The second kappa shape index (κ2) is 6.05. The number of hydrogen-bond donors (Lipinski definition) is 0. The number of rotatable bonds is 5. The van der Waals surface area contributed by atoms with Gasteiger partial charge in [-0.15, -0.1) is 0 Å². The monoisotopic (exact) mass is 221 g/mol. The molecule has 0 saturated carbocycles. The molecule has 13 heavy (non-hydrogen) atoms. The normalized spacial score (nSPS) is 15.0. The Bertz CT molecular complexity index is 131. The molecule has 0 saturated heterocycles. The first-order chi connectivity index (χ1) is 5.84. The van der Waals surface area contributed by atoms with E-state index >= 15 is 0 Å². The third kappa shape index (κ3) is 7.53. The van der Waals surface area contributed by atoms with E-state index in [0.29, 0.717) is 5.04 Å². The van der Waals surface area contributed by atoms with Crippen LogP contribution in [-0.2, 0) is 0 Å². The first-order valence-corrected chi connectivity index (χ1v) is 8.27. The first kappa shape index (κ1) is 13.5. The van der Waals surface area contributed by atoms with Gasteiger partial charge in [0.1, 0.15) is 8.11 Å². The summed E-state index contributed by atoms with van der Waals surface area (Å²) in [4.78, 5) is 2.24. The summed E-state index contributed by atoms with van der Waals surface area (Å²) in [5.74, 6) is 0. The Morgan fingerprint density at radius 3 is 2.08 bits per heavy atom. The molecule has 0 aliphatic carbocycles. The standard InChI is InChI=1S/C10H24ClNSi/c1-10(2,3)13(11)9-7-6-8-12(4)5/h13H,6-9H2,1-5H3. The molecule has 0 radical (unpaired) electrons. The van der Waals surface area contributed by atoms with E-state index in [0.717, 1.165) is 0 Å². The molecular weight excluding hydrogens is 198 g/mol. The molecular formula is C10H24ClNSi. The minimum atomic E-state index is -1.000. The van der Waals surface area contributed by atoms with Crippen LogP contribution >= 0.6 is 11.1 Å². The van der Waals surface area contributed by atoms with Crippen LogP contribution in [0.1, 0.15) is 33.6 Å². The van der Waals surface area contributed by atoms with Crippen molar-refractivity contribution >= 4 is 19.2 Å². The third-order valence-electron chi connectivity index (χ3n) is 2.25. The van der Waals surface area contributed by atoms with Gasteiger partial charge in [0.25, 0.3) is 0 Å². The van der Waals surface area contributed by atoms with Gasteiger partial charge in [-0.25, -0.2) is 0 Å². The van der Waals surface area contributed by atoms with Gasteiger partial charge in [-0.1, -0.05) is 27.2 Å². The third-order valence-corrected chi connectivity index (χ3v) is 7.67. The maximum atomic E-state index is 6.40. The highest BCUT2D eigenvalue weighted by Gasteiger charge is 2.23. The van der Waals surface area contributed by atoms with Crippen molar-refractivity contribution in [3.05, 3.63) is 0 Å². The van der Waals surface area contributed by atoms with Gasteiger partial charge in [-0.2, -0.15) is 11.1 Å². The van der Waals surface area contributed by atoms with Gasteiger partial charge >= 0.3 is 0 Å². The second-order valence-corrected chi connectivity index (χ2v) is 9.96. The Kier molecular flexibility index (Phi) is 6.26. The molecule has 0 spiro atoms. The van der Waals surface area contributed by atoms with E-state index in [1.165, 1.54) is 25.4 Å². The molecule has 0 aliphatic rings. The largest absolute Gasteiger partial charge is 0.309 e. The molecule has 1 atom stereocenters. The van der Waals surface area contributed by atoms with Crippen molar-refractivity contribution in [1.82, 2.24) is 4.90 Å². The number of unbranched alkanes of at least 4 members (excludes halogenated alkanes) is 1. The highest BCUT2D eigenvalue weighted by Crippen LogP contribution is 2.32. The second-order valence-electron chi connectivity index (χ2n) is 5.13. The average molecular weight is 222 g/mol. The molecule has 0 bridgehead atoms. The van der Waals surface area contributed by atoms with Crippen molar-refractivity contribution < 1.29 is 0 Å². The van der Waals surface area contributed by atoms with Crippen LogP contribution in [0.15, 0.2) is 0 Å². The van der Waals surface area contributed by atoms with Gasteiger partial charge in [0, 0.05) is 0 Å². The Labute approximate surface area is 89.8 Å². The minimum absolute atomic E-state index is 0.389. The lowest BCUT2D eigenvalue weighted by molar-refractivity contribution is 0.397. The van der Waals surface area contributed by atoms with E-state index in [2.05, 4.69) is 39.8 Å². The molecule has 0 aliphatic heterocycles. The molecule has 0 heterocycles. The van der Waals surface area contributed by atoms with Gasteiger partial charge < -0.3 is 4.90 Å². The van der Waals surface area contributed by atoms with Crippen LogP contribution in [0.5, 0.6) is 0 Å². The SMILES string of the molecule is CN(C)CCCC[SiH](Cl)C(C)(C)C. The van der Waals surface area contributed by atoms with Crippen LogP contribution < -0.4 is 0 Å². The van der Waals surface area contributed by atoms with Crippen LogP contribution in [0, 0.1) is 0 Å². The van der Waals surface area contributed by atoms with E-state index in [9.17, 15) is 0 Å². The van der Waals surface area contributed by atoms with Gasteiger partial charge in [-0.05, 0) is 38.1 Å². The predicted molar refractivity (Wildman–Crippen MR) is 65.3 cm³/mol. The zero-order valence-corrected chi connectivity index (χ0v) is 11.6. The Morgan fingerprint density at radius 1 is 1.15 bits per heavy atom. The summed E-state index contributed by atoms with van der Waals surface area (Å²) in [6.45, 7) is 8.00. The van der Waals surface area contributed by atoms with E-state index in [-0.39, 0.29) is 0 Å². The van der Waals surface area contributed by atoms with Crippen LogP contribution in [0.25, 0.3) is 0 Å². The fourth-order valence-electron chi connectivity index (χ4n) is 1.18. The van der Waals surface area contributed by atoms with E-state index in [1.54, 1.807) is 0 Å². The summed E-state index contributed by atoms with van der Waals surface area (Å²) < 4.78 is 0. The van der Waals surface area contributed by atoms with Crippen LogP contribution in [0.2, 0.25) is 11.1 Å². The lowest BCUT2D eigenvalue weighted by atomic mass is 10.2.